The fraction of sp³-hybridized carbons (Fsp3) is 0.500. The van der Waals surface area contributed by atoms with E-state index in [1.165, 1.54) is 16.4 Å². The van der Waals surface area contributed by atoms with Crippen molar-refractivity contribution in [3.8, 4) is 0 Å². The standard InChI is InChI=1S/C14H21FN2O4S/c1-9(2)16-10-7-11(14(18)19)13(15)12(8-10)17-5-3-4-6-22(17,20)21/h7-9,16,20-21H,3-6H2,1-2H3,(H,18,19). The lowest BCUT2D eigenvalue weighted by atomic mass is 10.1. The molecule has 1 saturated heterocycles. The van der Waals surface area contributed by atoms with Gasteiger partial charge < -0.3 is 10.4 Å². The molecule has 2 rings (SSSR count). The summed E-state index contributed by atoms with van der Waals surface area (Å²) in [7, 11) is -3.11. The molecule has 1 aliphatic rings. The number of aromatic carboxylic acids is 1. The molecule has 0 spiro atoms. The third-order valence-corrected chi connectivity index (χ3v) is 5.31. The average Bonchev–Trinajstić information content (AvgIpc) is 2.39. The van der Waals surface area contributed by atoms with Crippen LogP contribution in [0.15, 0.2) is 12.1 Å². The molecule has 22 heavy (non-hydrogen) atoms. The van der Waals surface area contributed by atoms with Crippen molar-refractivity contribution < 1.29 is 23.4 Å². The molecule has 0 unspecified atom stereocenters. The number of hydrogen-bond donors (Lipinski definition) is 4. The fourth-order valence-corrected chi connectivity index (χ4v) is 4.13. The van der Waals surface area contributed by atoms with Gasteiger partial charge in [0.15, 0.2) is 5.82 Å². The zero-order chi connectivity index (χ0) is 16.5. The minimum absolute atomic E-state index is 0.0293. The van der Waals surface area contributed by atoms with Crippen molar-refractivity contribution in [3.63, 3.8) is 0 Å². The Kier molecular flexibility index (Phi) is 4.84. The summed E-state index contributed by atoms with van der Waals surface area (Å²) < 4.78 is 36.0. The first-order chi connectivity index (χ1) is 10.2. The predicted octanol–water partition coefficient (Wildman–Crippen LogP) is 3.61. The molecule has 0 aromatic heterocycles. The van der Waals surface area contributed by atoms with Crippen molar-refractivity contribution in [1.29, 1.82) is 0 Å². The Morgan fingerprint density at radius 3 is 2.59 bits per heavy atom. The van der Waals surface area contributed by atoms with Gasteiger partial charge in [-0.1, -0.05) is 0 Å². The third-order valence-electron chi connectivity index (χ3n) is 3.39. The van der Waals surface area contributed by atoms with Gasteiger partial charge in [-0.3, -0.25) is 13.4 Å². The third kappa shape index (κ3) is 3.45. The van der Waals surface area contributed by atoms with Crippen LogP contribution < -0.4 is 9.62 Å². The van der Waals surface area contributed by atoms with Gasteiger partial charge in [0.25, 0.3) is 0 Å². The van der Waals surface area contributed by atoms with Crippen LogP contribution in [0, 0.1) is 5.82 Å². The molecule has 8 heteroatoms. The SMILES string of the molecule is CC(C)Nc1cc(C(=O)O)c(F)c(N2CCCCS2(O)O)c1. The fourth-order valence-electron chi connectivity index (χ4n) is 2.45. The van der Waals surface area contributed by atoms with Gasteiger partial charge in [0, 0.05) is 18.3 Å². The summed E-state index contributed by atoms with van der Waals surface area (Å²) in [6, 6.07) is 2.68. The second-order valence-corrected chi connectivity index (χ2v) is 7.72. The highest BCUT2D eigenvalue weighted by molar-refractivity contribution is 8.25. The van der Waals surface area contributed by atoms with E-state index in [-0.39, 0.29) is 24.0 Å². The van der Waals surface area contributed by atoms with Crippen LogP contribution in [-0.4, -0.2) is 38.5 Å². The molecule has 0 atom stereocenters. The van der Waals surface area contributed by atoms with Crippen LogP contribution in [0.3, 0.4) is 0 Å². The van der Waals surface area contributed by atoms with Crippen molar-refractivity contribution in [2.75, 3.05) is 21.9 Å². The van der Waals surface area contributed by atoms with Gasteiger partial charge in [0.05, 0.1) is 17.0 Å². The van der Waals surface area contributed by atoms with Crippen molar-refractivity contribution in [2.24, 2.45) is 0 Å². The van der Waals surface area contributed by atoms with Gasteiger partial charge in [0.2, 0.25) is 0 Å². The molecule has 0 bridgehead atoms. The van der Waals surface area contributed by atoms with E-state index >= 15 is 0 Å². The molecule has 0 radical (unpaired) electrons. The van der Waals surface area contributed by atoms with Crippen molar-refractivity contribution in [2.45, 2.75) is 32.7 Å². The van der Waals surface area contributed by atoms with E-state index < -0.39 is 28.1 Å². The normalized spacial score (nSPS) is 19.1. The smallest absolute Gasteiger partial charge is 0.338 e. The Morgan fingerprint density at radius 2 is 2.05 bits per heavy atom. The van der Waals surface area contributed by atoms with Gasteiger partial charge in [-0.2, -0.15) is 0 Å². The van der Waals surface area contributed by atoms with Crippen LogP contribution in [0.25, 0.3) is 0 Å². The number of rotatable bonds is 4. The number of carboxylic acids is 1. The summed E-state index contributed by atoms with van der Waals surface area (Å²) in [6.07, 6.45) is 1.34. The monoisotopic (exact) mass is 332 g/mol. The van der Waals surface area contributed by atoms with E-state index in [0.717, 1.165) is 0 Å². The first-order valence-corrected chi connectivity index (χ1v) is 8.76. The lowest BCUT2D eigenvalue weighted by Gasteiger charge is -2.47. The van der Waals surface area contributed by atoms with E-state index in [4.69, 9.17) is 0 Å². The Balaban J connectivity index is 2.53. The topological polar surface area (TPSA) is 93.0 Å². The largest absolute Gasteiger partial charge is 0.478 e. The van der Waals surface area contributed by atoms with Gasteiger partial charge in [-0.05, 0) is 38.8 Å². The number of anilines is 2. The number of nitrogens with zero attached hydrogens (tertiary/aromatic N) is 1. The molecule has 0 amide bonds. The highest BCUT2D eigenvalue weighted by Crippen LogP contribution is 2.50. The molecule has 0 aliphatic carbocycles. The lowest BCUT2D eigenvalue weighted by molar-refractivity contribution is 0.0692. The maximum absolute atomic E-state index is 14.5. The van der Waals surface area contributed by atoms with Crippen LogP contribution in [0.5, 0.6) is 0 Å². The van der Waals surface area contributed by atoms with Crippen LogP contribution in [0.1, 0.15) is 37.0 Å². The zero-order valence-electron chi connectivity index (χ0n) is 12.5. The summed E-state index contributed by atoms with van der Waals surface area (Å²) in [6.45, 7) is 4.03. The number of carbonyl (C=O) groups is 1. The molecule has 124 valence electrons. The van der Waals surface area contributed by atoms with Crippen LogP contribution in [-0.2, 0) is 0 Å². The number of hydrogen-bond acceptors (Lipinski definition) is 5. The number of benzene rings is 1. The van der Waals surface area contributed by atoms with E-state index in [1.54, 1.807) is 0 Å². The highest BCUT2D eigenvalue weighted by Gasteiger charge is 2.31. The van der Waals surface area contributed by atoms with Crippen molar-refractivity contribution in [1.82, 2.24) is 0 Å². The van der Waals surface area contributed by atoms with Gasteiger partial charge in [0.1, 0.15) is 0 Å². The summed E-state index contributed by atoms with van der Waals surface area (Å²) in [5.74, 6) is -2.17. The Bertz CT molecular complexity index is 580. The van der Waals surface area contributed by atoms with E-state index in [1.807, 2.05) is 13.8 Å². The zero-order valence-corrected chi connectivity index (χ0v) is 13.4. The van der Waals surface area contributed by atoms with Crippen LogP contribution >= 0.6 is 10.8 Å². The van der Waals surface area contributed by atoms with Crippen molar-refractivity contribution in [3.05, 3.63) is 23.5 Å². The summed E-state index contributed by atoms with van der Waals surface area (Å²) >= 11 is 0. The molecular weight excluding hydrogens is 311 g/mol. The first kappa shape index (κ1) is 16.9. The molecule has 1 fully saturated rings. The van der Waals surface area contributed by atoms with E-state index in [0.29, 0.717) is 18.5 Å². The maximum Gasteiger partial charge on any atom is 0.338 e. The molecule has 1 heterocycles. The Labute approximate surface area is 130 Å². The quantitative estimate of drug-likeness (QED) is 0.673. The minimum atomic E-state index is -3.11. The molecular formula is C14H21FN2O4S. The first-order valence-electron chi connectivity index (χ1n) is 7.09. The van der Waals surface area contributed by atoms with Crippen LogP contribution in [0.2, 0.25) is 0 Å². The van der Waals surface area contributed by atoms with Gasteiger partial charge >= 0.3 is 5.97 Å². The van der Waals surface area contributed by atoms with Gasteiger partial charge in [-0.15, -0.1) is 10.8 Å². The highest BCUT2D eigenvalue weighted by atomic mass is 32.3. The Hall–Kier alpha value is -1.51. The predicted molar refractivity (Wildman–Crippen MR) is 86.4 cm³/mol. The molecule has 1 aromatic rings. The summed E-state index contributed by atoms with van der Waals surface area (Å²) in [5.41, 5.74) is -0.131. The number of carboxylic acid groups (broad SMARTS) is 1. The van der Waals surface area contributed by atoms with Crippen molar-refractivity contribution >= 4 is 28.1 Å². The maximum atomic E-state index is 14.5. The molecule has 1 aliphatic heterocycles. The lowest BCUT2D eigenvalue weighted by Crippen LogP contribution is -2.35. The van der Waals surface area contributed by atoms with E-state index in [2.05, 4.69) is 5.32 Å². The minimum Gasteiger partial charge on any atom is -0.478 e. The average molecular weight is 332 g/mol. The molecule has 4 N–H and O–H groups in total. The summed E-state index contributed by atoms with van der Waals surface area (Å²) in [5, 5.41) is 12.2. The second-order valence-electron chi connectivity index (χ2n) is 5.61. The van der Waals surface area contributed by atoms with Crippen LogP contribution in [0.4, 0.5) is 15.8 Å². The molecule has 0 saturated carbocycles. The van der Waals surface area contributed by atoms with Gasteiger partial charge in [-0.25, -0.2) is 9.18 Å². The summed E-state index contributed by atoms with van der Waals surface area (Å²) in [4.78, 5) is 11.3. The number of nitrogens with one attached hydrogen (secondary N) is 1. The van der Waals surface area contributed by atoms with E-state index in [9.17, 15) is 23.4 Å². The molecule has 6 nitrogen and oxygen atoms in total. The number of halogens is 1. The Morgan fingerprint density at radius 1 is 1.36 bits per heavy atom. The molecule has 1 aromatic carbocycles. The second kappa shape index (κ2) is 6.31.